The molecule has 0 heterocycles. The monoisotopic (exact) mass is 392 g/mol. The van der Waals surface area contributed by atoms with E-state index in [4.69, 9.17) is 16.7 Å². The third kappa shape index (κ3) is 4.74. The van der Waals surface area contributed by atoms with E-state index in [0.717, 1.165) is 43.2 Å². The van der Waals surface area contributed by atoms with Crippen molar-refractivity contribution >= 4 is 17.6 Å². The highest BCUT2D eigenvalue weighted by molar-refractivity contribution is 6.21. The lowest BCUT2D eigenvalue weighted by molar-refractivity contribution is -0.137. The molecule has 3 rings (SSSR count). The lowest BCUT2D eigenvalue weighted by Crippen LogP contribution is -2.33. The molecule has 3 N–H and O–H groups in total. The lowest BCUT2D eigenvalue weighted by atomic mass is 9.74. The number of halogens is 1. The summed E-state index contributed by atoms with van der Waals surface area (Å²) < 4.78 is 0. The molecule has 0 spiro atoms. The molecular weight excluding hydrogens is 364 g/mol. The molecule has 148 valence electrons. The Labute approximate surface area is 165 Å². The number of allylic oxidation sites excluding steroid dienone is 2. The molecule has 2 aliphatic carbocycles. The number of carboxylic acids is 1. The van der Waals surface area contributed by atoms with Crippen LogP contribution in [-0.4, -0.2) is 32.8 Å². The highest BCUT2D eigenvalue weighted by atomic mass is 35.5. The second-order valence-electron chi connectivity index (χ2n) is 8.01. The molecule has 0 amide bonds. The Balaban J connectivity index is 1.63. The SMILES string of the molecule is O=C(O)CCC/C=C\C[C@@H]1[C@@H](c2ccc(C3(O)CCC3)cc2)[C@H](O)C[C@H]1Cl. The molecule has 4 atom stereocenters. The van der Waals surface area contributed by atoms with Crippen LogP contribution < -0.4 is 0 Å². The molecule has 27 heavy (non-hydrogen) atoms. The van der Waals surface area contributed by atoms with Gasteiger partial charge < -0.3 is 15.3 Å². The summed E-state index contributed by atoms with van der Waals surface area (Å²) >= 11 is 6.52. The zero-order valence-electron chi connectivity index (χ0n) is 15.6. The van der Waals surface area contributed by atoms with Crippen LogP contribution in [-0.2, 0) is 10.4 Å². The van der Waals surface area contributed by atoms with Gasteiger partial charge in [-0.3, -0.25) is 4.79 Å². The van der Waals surface area contributed by atoms with Gasteiger partial charge in [0.25, 0.3) is 0 Å². The average Bonchev–Trinajstić information content (AvgIpc) is 2.89. The number of aliphatic hydroxyl groups excluding tert-OH is 1. The first-order valence-corrected chi connectivity index (χ1v) is 10.4. The fourth-order valence-electron chi connectivity index (χ4n) is 4.38. The molecule has 0 aliphatic heterocycles. The van der Waals surface area contributed by atoms with Crippen molar-refractivity contribution in [3.8, 4) is 0 Å². The zero-order chi connectivity index (χ0) is 19.4. The molecule has 4 nitrogen and oxygen atoms in total. The van der Waals surface area contributed by atoms with Crippen LogP contribution in [0.25, 0.3) is 0 Å². The van der Waals surface area contributed by atoms with E-state index >= 15 is 0 Å². The van der Waals surface area contributed by atoms with Crippen LogP contribution >= 0.6 is 11.6 Å². The Kier molecular flexibility index (Phi) is 6.61. The van der Waals surface area contributed by atoms with E-state index in [1.54, 1.807) is 0 Å². The van der Waals surface area contributed by atoms with Crippen molar-refractivity contribution < 1.29 is 20.1 Å². The van der Waals surface area contributed by atoms with Crippen molar-refractivity contribution in [2.75, 3.05) is 0 Å². The molecule has 1 aromatic carbocycles. The lowest BCUT2D eigenvalue weighted by Gasteiger charge is -2.37. The highest BCUT2D eigenvalue weighted by Gasteiger charge is 2.42. The smallest absolute Gasteiger partial charge is 0.303 e. The molecule has 0 saturated heterocycles. The second kappa shape index (κ2) is 8.76. The predicted molar refractivity (Wildman–Crippen MR) is 106 cm³/mol. The van der Waals surface area contributed by atoms with Crippen LogP contribution in [0.1, 0.15) is 68.4 Å². The molecule has 5 heteroatoms. The number of alkyl halides is 1. The topological polar surface area (TPSA) is 77.8 Å². The van der Waals surface area contributed by atoms with Crippen molar-refractivity contribution in [1.82, 2.24) is 0 Å². The van der Waals surface area contributed by atoms with Gasteiger partial charge in [0, 0.05) is 17.7 Å². The Morgan fingerprint density at radius 3 is 2.52 bits per heavy atom. The fourth-order valence-corrected chi connectivity index (χ4v) is 4.83. The van der Waals surface area contributed by atoms with Gasteiger partial charge in [0.2, 0.25) is 0 Å². The minimum Gasteiger partial charge on any atom is -0.481 e. The second-order valence-corrected chi connectivity index (χ2v) is 8.57. The van der Waals surface area contributed by atoms with Crippen LogP contribution in [0.5, 0.6) is 0 Å². The van der Waals surface area contributed by atoms with E-state index in [1.165, 1.54) is 0 Å². The zero-order valence-corrected chi connectivity index (χ0v) is 16.3. The summed E-state index contributed by atoms with van der Waals surface area (Å²) in [5, 5.41) is 29.6. The molecule has 0 bridgehead atoms. The third-order valence-corrected chi connectivity index (χ3v) is 6.66. The van der Waals surface area contributed by atoms with E-state index in [0.29, 0.717) is 12.8 Å². The van der Waals surface area contributed by atoms with E-state index in [9.17, 15) is 15.0 Å². The maximum absolute atomic E-state index is 10.5. The van der Waals surface area contributed by atoms with Gasteiger partial charge in [-0.05, 0) is 62.0 Å². The minimum absolute atomic E-state index is 0.0127. The van der Waals surface area contributed by atoms with Gasteiger partial charge in [-0.1, -0.05) is 36.4 Å². The fraction of sp³-hybridized carbons (Fsp3) is 0.591. The maximum Gasteiger partial charge on any atom is 0.303 e. The van der Waals surface area contributed by atoms with Crippen LogP contribution in [0, 0.1) is 5.92 Å². The van der Waals surface area contributed by atoms with Crippen LogP contribution in [0.2, 0.25) is 0 Å². The van der Waals surface area contributed by atoms with Gasteiger partial charge in [-0.2, -0.15) is 0 Å². The van der Waals surface area contributed by atoms with Crippen molar-refractivity contribution in [3.63, 3.8) is 0 Å². The Hall–Kier alpha value is -1.36. The number of rotatable bonds is 8. The van der Waals surface area contributed by atoms with Crippen LogP contribution in [0.3, 0.4) is 0 Å². The molecular formula is C22H29ClO4. The predicted octanol–water partition coefficient (Wildman–Crippen LogP) is 4.33. The van der Waals surface area contributed by atoms with Crippen LogP contribution in [0.15, 0.2) is 36.4 Å². The number of hydrogen-bond donors (Lipinski definition) is 3. The average molecular weight is 393 g/mol. The van der Waals surface area contributed by atoms with Gasteiger partial charge in [-0.25, -0.2) is 0 Å². The number of benzene rings is 1. The number of aliphatic carboxylic acids is 1. The van der Waals surface area contributed by atoms with Crippen molar-refractivity contribution in [3.05, 3.63) is 47.5 Å². The number of carboxylic acid groups (broad SMARTS) is 1. The number of unbranched alkanes of at least 4 members (excludes halogenated alkanes) is 1. The minimum atomic E-state index is -0.766. The van der Waals surface area contributed by atoms with E-state index in [2.05, 4.69) is 6.08 Å². The normalized spacial score (nSPS) is 29.7. The van der Waals surface area contributed by atoms with E-state index in [1.807, 2.05) is 30.3 Å². The summed E-state index contributed by atoms with van der Waals surface area (Å²) in [5.41, 5.74) is 1.36. The molecule has 1 aromatic rings. The molecule has 2 saturated carbocycles. The first-order chi connectivity index (χ1) is 12.9. The quantitative estimate of drug-likeness (QED) is 0.349. The standard InChI is InChI=1S/C22H29ClO4/c23-18-14-19(24)21(17(18)6-3-1-2-4-7-20(25)26)15-8-10-16(11-9-15)22(27)12-5-13-22/h1,3,8-11,17-19,21,24,27H,2,4-7,12-14H2,(H,25,26)/b3-1-/t17-,18+,19+,21+/m0/s1. The van der Waals surface area contributed by atoms with Gasteiger partial charge in [0.15, 0.2) is 0 Å². The highest BCUT2D eigenvalue weighted by Crippen LogP contribution is 2.46. The Bertz CT molecular complexity index is 665. The summed E-state index contributed by atoms with van der Waals surface area (Å²) in [6.07, 6.45) is 9.24. The largest absolute Gasteiger partial charge is 0.481 e. The summed E-state index contributed by atoms with van der Waals surface area (Å²) in [6, 6.07) is 8.03. The van der Waals surface area contributed by atoms with Gasteiger partial charge in [0.05, 0.1) is 11.7 Å². The summed E-state index contributed by atoms with van der Waals surface area (Å²) in [6.45, 7) is 0. The molecule has 0 aromatic heterocycles. The molecule has 2 fully saturated rings. The third-order valence-electron chi connectivity index (χ3n) is 6.16. The number of aliphatic hydroxyl groups is 2. The van der Waals surface area contributed by atoms with Crippen molar-refractivity contribution in [2.24, 2.45) is 5.92 Å². The first kappa shape index (κ1) is 20.4. The van der Waals surface area contributed by atoms with Crippen LogP contribution in [0.4, 0.5) is 0 Å². The molecule has 2 aliphatic rings. The van der Waals surface area contributed by atoms with Crippen molar-refractivity contribution in [2.45, 2.75) is 74.4 Å². The maximum atomic E-state index is 10.5. The van der Waals surface area contributed by atoms with E-state index < -0.39 is 17.7 Å². The summed E-state index contributed by atoms with van der Waals surface area (Å²) in [4.78, 5) is 10.5. The van der Waals surface area contributed by atoms with Gasteiger partial charge in [0.1, 0.15) is 0 Å². The van der Waals surface area contributed by atoms with Crippen molar-refractivity contribution in [1.29, 1.82) is 0 Å². The Morgan fingerprint density at radius 1 is 1.22 bits per heavy atom. The number of carbonyl (C=O) groups is 1. The number of hydrogen-bond acceptors (Lipinski definition) is 3. The molecule has 0 unspecified atom stereocenters. The Morgan fingerprint density at radius 2 is 1.93 bits per heavy atom. The summed E-state index contributed by atoms with van der Waals surface area (Å²) in [5.74, 6) is -0.630. The molecule has 0 radical (unpaired) electrons. The summed E-state index contributed by atoms with van der Waals surface area (Å²) in [7, 11) is 0. The van der Waals surface area contributed by atoms with Gasteiger partial charge >= 0.3 is 5.97 Å². The van der Waals surface area contributed by atoms with E-state index in [-0.39, 0.29) is 23.6 Å². The van der Waals surface area contributed by atoms with Gasteiger partial charge in [-0.15, -0.1) is 11.6 Å². The first-order valence-electron chi connectivity index (χ1n) is 9.92.